The van der Waals surface area contributed by atoms with E-state index < -0.39 is 14.0 Å². The molecular weight excluding hydrogens is 216 g/mol. The molecule has 2 nitrogen and oxygen atoms in total. The standard InChI is InChI=1S/C13H20O2Si/c1-9(13(14)15)8-16(10-2-3-10,11-4-5-11)12-6-7-12/h8,10-12H,2-7H2,1H3,(H,14,15). The lowest BCUT2D eigenvalue weighted by Gasteiger charge is -2.29. The average Bonchev–Trinajstić information content (AvgIpc) is 3.15. The van der Waals surface area contributed by atoms with Crippen LogP contribution in [0.3, 0.4) is 0 Å². The Labute approximate surface area is 97.7 Å². The Morgan fingerprint density at radius 3 is 1.69 bits per heavy atom. The Kier molecular flexibility index (Phi) is 2.28. The Bertz CT molecular complexity index is 318. The maximum Gasteiger partial charge on any atom is 0.330 e. The van der Waals surface area contributed by atoms with Crippen molar-refractivity contribution in [1.82, 2.24) is 0 Å². The molecule has 0 aromatic heterocycles. The van der Waals surface area contributed by atoms with Gasteiger partial charge in [0.05, 0.1) is 8.07 Å². The first-order chi connectivity index (χ1) is 7.64. The van der Waals surface area contributed by atoms with Crippen molar-refractivity contribution in [2.24, 2.45) is 0 Å². The summed E-state index contributed by atoms with van der Waals surface area (Å²) < 4.78 is 0. The molecule has 0 spiro atoms. The van der Waals surface area contributed by atoms with Crippen molar-refractivity contribution in [3.8, 4) is 0 Å². The van der Waals surface area contributed by atoms with Crippen LogP contribution < -0.4 is 0 Å². The third kappa shape index (κ3) is 1.65. The molecule has 3 aliphatic carbocycles. The van der Waals surface area contributed by atoms with Gasteiger partial charge in [0.1, 0.15) is 0 Å². The predicted octanol–water partition coefficient (Wildman–Crippen LogP) is 3.50. The van der Waals surface area contributed by atoms with Crippen LogP contribution in [-0.2, 0) is 4.79 Å². The van der Waals surface area contributed by atoms with E-state index in [9.17, 15) is 4.79 Å². The topological polar surface area (TPSA) is 37.3 Å². The Balaban J connectivity index is 1.93. The summed E-state index contributed by atoms with van der Waals surface area (Å²) in [6.07, 6.45) is 8.35. The van der Waals surface area contributed by atoms with Crippen LogP contribution in [0.4, 0.5) is 0 Å². The van der Waals surface area contributed by atoms with Gasteiger partial charge in [0.15, 0.2) is 0 Å². The monoisotopic (exact) mass is 236 g/mol. The van der Waals surface area contributed by atoms with Crippen LogP contribution in [0.15, 0.2) is 11.3 Å². The molecule has 16 heavy (non-hydrogen) atoms. The lowest BCUT2D eigenvalue weighted by Crippen LogP contribution is -2.35. The van der Waals surface area contributed by atoms with Crippen LogP contribution in [0, 0.1) is 0 Å². The summed E-state index contributed by atoms with van der Waals surface area (Å²) >= 11 is 0. The van der Waals surface area contributed by atoms with E-state index in [0.717, 1.165) is 16.6 Å². The Morgan fingerprint density at radius 1 is 1.06 bits per heavy atom. The molecule has 0 amide bonds. The molecule has 0 aliphatic heterocycles. The van der Waals surface area contributed by atoms with E-state index in [2.05, 4.69) is 5.70 Å². The molecule has 0 saturated heterocycles. The molecule has 0 aromatic rings. The van der Waals surface area contributed by atoms with E-state index in [1.54, 1.807) is 6.92 Å². The van der Waals surface area contributed by atoms with Gasteiger partial charge in [-0.05, 0) is 23.5 Å². The van der Waals surface area contributed by atoms with Crippen LogP contribution in [0.2, 0.25) is 16.6 Å². The van der Waals surface area contributed by atoms with Crippen molar-refractivity contribution in [2.75, 3.05) is 0 Å². The lowest BCUT2D eigenvalue weighted by atomic mass is 10.4. The Hall–Kier alpha value is -0.573. The zero-order valence-electron chi connectivity index (χ0n) is 9.91. The zero-order chi connectivity index (χ0) is 11.3. The average molecular weight is 236 g/mol. The van der Waals surface area contributed by atoms with Crippen molar-refractivity contribution < 1.29 is 9.90 Å². The van der Waals surface area contributed by atoms with Crippen molar-refractivity contribution >= 4 is 14.0 Å². The van der Waals surface area contributed by atoms with Crippen molar-refractivity contribution in [3.05, 3.63) is 11.3 Å². The van der Waals surface area contributed by atoms with E-state index in [-0.39, 0.29) is 0 Å². The van der Waals surface area contributed by atoms with Gasteiger partial charge in [0.2, 0.25) is 0 Å². The summed E-state index contributed by atoms with van der Waals surface area (Å²) in [5.41, 5.74) is 5.77. The first kappa shape index (κ1) is 10.6. The second-order valence-electron chi connectivity index (χ2n) is 5.96. The molecule has 0 bridgehead atoms. The summed E-state index contributed by atoms with van der Waals surface area (Å²) in [5, 5.41) is 9.11. The molecule has 3 heteroatoms. The fraction of sp³-hybridized carbons (Fsp3) is 0.769. The van der Waals surface area contributed by atoms with Gasteiger partial charge in [-0.2, -0.15) is 0 Å². The molecule has 0 heterocycles. The number of hydrogen-bond acceptors (Lipinski definition) is 1. The fourth-order valence-corrected chi connectivity index (χ4v) is 10.6. The van der Waals surface area contributed by atoms with E-state index in [1.807, 2.05) is 0 Å². The molecular formula is C13H20O2Si. The smallest absolute Gasteiger partial charge is 0.330 e. The van der Waals surface area contributed by atoms with Gasteiger partial charge < -0.3 is 5.11 Å². The third-order valence-corrected chi connectivity index (χ3v) is 11.6. The molecule has 0 radical (unpaired) electrons. The van der Waals surface area contributed by atoms with Gasteiger partial charge in [0, 0.05) is 5.57 Å². The molecule has 3 saturated carbocycles. The summed E-state index contributed by atoms with van der Waals surface area (Å²) in [6.45, 7) is 1.80. The summed E-state index contributed by atoms with van der Waals surface area (Å²) in [7, 11) is -1.36. The minimum atomic E-state index is -1.36. The summed E-state index contributed by atoms with van der Waals surface area (Å²) in [5.74, 6) is -0.696. The first-order valence-corrected chi connectivity index (χ1v) is 8.88. The first-order valence-electron chi connectivity index (χ1n) is 6.57. The Morgan fingerprint density at radius 2 is 1.44 bits per heavy atom. The summed E-state index contributed by atoms with van der Waals surface area (Å²) in [4.78, 5) is 11.1. The number of rotatable bonds is 5. The number of aliphatic carboxylic acids is 1. The highest BCUT2D eigenvalue weighted by molar-refractivity contribution is 6.90. The highest BCUT2D eigenvalue weighted by atomic mass is 28.3. The highest BCUT2D eigenvalue weighted by Crippen LogP contribution is 2.68. The zero-order valence-corrected chi connectivity index (χ0v) is 10.9. The lowest BCUT2D eigenvalue weighted by molar-refractivity contribution is -0.132. The normalized spacial score (nSPS) is 26.9. The molecule has 3 rings (SSSR count). The number of hydrogen-bond donors (Lipinski definition) is 1. The highest BCUT2D eigenvalue weighted by Gasteiger charge is 2.61. The predicted molar refractivity (Wildman–Crippen MR) is 66.1 cm³/mol. The second kappa shape index (κ2) is 3.46. The van der Waals surface area contributed by atoms with E-state index >= 15 is 0 Å². The second-order valence-corrected chi connectivity index (χ2v) is 10.7. The largest absolute Gasteiger partial charge is 0.478 e. The van der Waals surface area contributed by atoms with Gasteiger partial charge in [-0.15, -0.1) is 0 Å². The minimum Gasteiger partial charge on any atom is -0.478 e. The molecule has 0 atom stereocenters. The fourth-order valence-electron chi connectivity index (χ4n) is 3.54. The van der Waals surface area contributed by atoms with Gasteiger partial charge in [-0.3, -0.25) is 0 Å². The quantitative estimate of drug-likeness (QED) is 0.586. The van der Waals surface area contributed by atoms with Crippen LogP contribution in [0.25, 0.3) is 0 Å². The maximum absolute atomic E-state index is 11.1. The van der Waals surface area contributed by atoms with E-state index in [0.29, 0.717) is 5.57 Å². The summed E-state index contributed by atoms with van der Waals surface area (Å²) in [6, 6.07) is 0. The molecule has 0 unspecified atom stereocenters. The minimum absolute atomic E-state index is 0.636. The SMILES string of the molecule is CC(=C[Si](C1CC1)(C1CC1)C1CC1)C(=O)O. The van der Waals surface area contributed by atoms with Crippen molar-refractivity contribution in [1.29, 1.82) is 0 Å². The molecule has 0 aromatic carbocycles. The molecule has 3 aliphatic rings. The molecule has 1 N–H and O–H groups in total. The van der Waals surface area contributed by atoms with Gasteiger partial charge in [-0.25, -0.2) is 4.79 Å². The van der Waals surface area contributed by atoms with Gasteiger partial charge in [-0.1, -0.05) is 44.2 Å². The maximum atomic E-state index is 11.1. The molecule has 88 valence electrons. The third-order valence-electron chi connectivity index (χ3n) is 4.66. The van der Waals surface area contributed by atoms with Crippen molar-refractivity contribution in [3.63, 3.8) is 0 Å². The van der Waals surface area contributed by atoms with E-state index in [4.69, 9.17) is 5.11 Å². The van der Waals surface area contributed by atoms with Crippen LogP contribution in [0.1, 0.15) is 45.4 Å². The molecule has 3 fully saturated rings. The van der Waals surface area contributed by atoms with Crippen LogP contribution >= 0.6 is 0 Å². The van der Waals surface area contributed by atoms with Crippen LogP contribution in [-0.4, -0.2) is 19.1 Å². The number of carboxylic acid groups (broad SMARTS) is 1. The van der Waals surface area contributed by atoms with E-state index in [1.165, 1.54) is 38.5 Å². The van der Waals surface area contributed by atoms with Gasteiger partial charge >= 0.3 is 5.97 Å². The van der Waals surface area contributed by atoms with Crippen LogP contribution in [0.5, 0.6) is 0 Å². The van der Waals surface area contributed by atoms with Gasteiger partial charge in [0.25, 0.3) is 0 Å². The number of carbonyl (C=O) groups is 1. The van der Waals surface area contributed by atoms with Crippen molar-refractivity contribution in [2.45, 2.75) is 62.1 Å². The number of carboxylic acids is 1.